The lowest BCUT2D eigenvalue weighted by Crippen LogP contribution is -2.19. The molecule has 0 aliphatic rings. The van der Waals surface area contributed by atoms with Gasteiger partial charge in [0.15, 0.2) is 0 Å². The van der Waals surface area contributed by atoms with Gasteiger partial charge in [0.2, 0.25) is 0 Å². The van der Waals surface area contributed by atoms with Gasteiger partial charge in [0, 0.05) is 12.8 Å². The minimum absolute atomic E-state index is 0.0658. The van der Waals surface area contributed by atoms with Gasteiger partial charge < -0.3 is 0 Å². The van der Waals surface area contributed by atoms with Crippen LogP contribution in [0, 0.1) is 5.92 Å². The summed E-state index contributed by atoms with van der Waals surface area (Å²) in [5, 5.41) is 0. The Kier molecular flexibility index (Phi) is 5.60. The second kappa shape index (κ2) is 5.92. The maximum atomic E-state index is 11.3. The summed E-state index contributed by atoms with van der Waals surface area (Å²) >= 11 is 0. The molecule has 1 unspecified atom stereocenters. The van der Waals surface area contributed by atoms with E-state index in [0.29, 0.717) is 12.8 Å². The Morgan fingerprint density at radius 2 is 1.75 bits per heavy atom. The van der Waals surface area contributed by atoms with Crippen molar-refractivity contribution in [3.8, 4) is 0 Å². The predicted octanol–water partition coefficient (Wildman–Crippen LogP) is 2.36. The monoisotopic (exact) mass is 170 g/mol. The van der Waals surface area contributed by atoms with Crippen LogP contribution in [-0.2, 0) is 9.59 Å². The van der Waals surface area contributed by atoms with Crippen LogP contribution in [0.15, 0.2) is 0 Å². The molecule has 0 spiro atoms. The van der Waals surface area contributed by atoms with Crippen molar-refractivity contribution in [2.45, 2.75) is 46.5 Å². The molecule has 0 aromatic carbocycles. The van der Waals surface area contributed by atoms with Crippen molar-refractivity contribution in [2.24, 2.45) is 5.92 Å². The number of hydrogen-bond acceptors (Lipinski definition) is 2. The molecule has 0 aliphatic heterocycles. The van der Waals surface area contributed by atoms with E-state index in [9.17, 15) is 9.59 Å². The summed E-state index contributed by atoms with van der Waals surface area (Å²) < 4.78 is 0. The first-order valence-electron chi connectivity index (χ1n) is 4.68. The van der Waals surface area contributed by atoms with Gasteiger partial charge in [0.25, 0.3) is 0 Å². The number of ketones is 2. The highest BCUT2D eigenvalue weighted by molar-refractivity contribution is 6.01. The molecule has 70 valence electrons. The lowest BCUT2D eigenvalue weighted by atomic mass is 9.96. The summed E-state index contributed by atoms with van der Waals surface area (Å²) in [7, 11) is 0. The van der Waals surface area contributed by atoms with Crippen LogP contribution in [0.4, 0.5) is 0 Å². The fourth-order valence-electron chi connectivity index (χ4n) is 1.05. The van der Waals surface area contributed by atoms with Crippen molar-refractivity contribution in [2.75, 3.05) is 0 Å². The zero-order chi connectivity index (χ0) is 9.56. The Bertz CT molecular complexity index is 161. The standard InChI is InChI=1S/C10H18O2/c1-4-6-7-10(12)8(3)9(11)5-2/h8H,4-7H2,1-3H3. The van der Waals surface area contributed by atoms with Crippen molar-refractivity contribution in [3.05, 3.63) is 0 Å². The van der Waals surface area contributed by atoms with Gasteiger partial charge in [-0.3, -0.25) is 9.59 Å². The van der Waals surface area contributed by atoms with Crippen LogP contribution in [0.3, 0.4) is 0 Å². The third-order valence-electron chi connectivity index (χ3n) is 2.09. The minimum Gasteiger partial charge on any atom is -0.299 e. The molecule has 0 radical (unpaired) electrons. The van der Waals surface area contributed by atoms with Crippen LogP contribution in [0.2, 0.25) is 0 Å². The fourth-order valence-corrected chi connectivity index (χ4v) is 1.05. The fraction of sp³-hybridized carbons (Fsp3) is 0.800. The highest BCUT2D eigenvalue weighted by Crippen LogP contribution is 2.07. The van der Waals surface area contributed by atoms with Crippen molar-refractivity contribution < 1.29 is 9.59 Å². The third-order valence-corrected chi connectivity index (χ3v) is 2.09. The molecular formula is C10H18O2. The average Bonchev–Trinajstić information content (AvgIpc) is 2.11. The summed E-state index contributed by atoms with van der Waals surface area (Å²) in [6.45, 7) is 5.55. The number of carbonyl (C=O) groups excluding carboxylic acids is 2. The molecule has 0 fully saturated rings. The van der Waals surface area contributed by atoms with Crippen molar-refractivity contribution >= 4 is 11.6 Å². The van der Waals surface area contributed by atoms with E-state index in [2.05, 4.69) is 0 Å². The maximum Gasteiger partial charge on any atom is 0.143 e. The van der Waals surface area contributed by atoms with E-state index < -0.39 is 0 Å². The summed E-state index contributed by atoms with van der Waals surface area (Å²) in [5.74, 6) is -0.207. The smallest absolute Gasteiger partial charge is 0.143 e. The highest BCUT2D eigenvalue weighted by atomic mass is 16.1. The van der Waals surface area contributed by atoms with E-state index >= 15 is 0 Å². The normalized spacial score (nSPS) is 12.6. The summed E-state index contributed by atoms with van der Waals surface area (Å²) in [6, 6.07) is 0. The molecule has 0 aromatic rings. The quantitative estimate of drug-likeness (QED) is 0.573. The molecule has 12 heavy (non-hydrogen) atoms. The zero-order valence-corrected chi connectivity index (χ0v) is 8.22. The Morgan fingerprint density at radius 3 is 2.17 bits per heavy atom. The van der Waals surface area contributed by atoms with E-state index in [4.69, 9.17) is 0 Å². The number of Topliss-reactive ketones (excluding diaryl/α,β-unsaturated/α-hetero) is 2. The molecule has 2 nitrogen and oxygen atoms in total. The van der Waals surface area contributed by atoms with Crippen molar-refractivity contribution in [3.63, 3.8) is 0 Å². The van der Waals surface area contributed by atoms with E-state index in [1.807, 2.05) is 6.92 Å². The number of unbranched alkanes of at least 4 members (excludes halogenated alkanes) is 1. The van der Waals surface area contributed by atoms with Crippen molar-refractivity contribution in [1.82, 2.24) is 0 Å². The zero-order valence-electron chi connectivity index (χ0n) is 8.22. The van der Waals surface area contributed by atoms with Crippen LogP contribution >= 0.6 is 0 Å². The SMILES string of the molecule is CCCCC(=O)C(C)C(=O)CC. The molecule has 1 atom stereocenters. The van der Waals surface area contributed by atoms with Crippen LogP contribution in [0.5, 0.6) is 0 Å². The van der Waals surface area contributed by atoms with E-state index in [-0.39, 0.29) is 17.5 Å². The molecule has 0 saturated heterocycles. The lowest BCUT2D eigenvalue weighted by Gasteiger charge is -2.06. The molecule has 0 bridgehead atoms. The Hall–Kier alpha value is -0.660. The van der Waals surface area contributed by atoms with Gasteiger partial charge in [0.1, 0.15) is 11.6 Å². The largest absolute Gasteiger partial charge is 0.299 e. The molecule has 0 aromatic heterocycles. The Balaban J connectivity index is 3.84. The predicted molar refractivity (Wildman–Crippen MR) is 49.0 cm³/mol. The average molecular weight is 170 g/mol. The van der Waals surface area contributed by atoms with Crippen LogP contribution in [0.1, 0.15) is 46.5 Å². The molecule has 2 heteroatoms. The summed E-state index contributed by atoms with van der Waals surface area (Å²) in [5.41, 5.74) is 0. The van der Waals surface area contributed by atoms with Gasteiger partial charge in [0.05, 0.1) is 5.92 Å². The van der Waals surface area contributed by atoms with Crippen LogP contribution in [0.25, 0.3) is 0 Å². The van der Waals surface area contributed by atoms with Gasteiger partial charge >= 0.3 is 0 Å². The molecule has 0 saturated carbocycles. The van der Waals surface area contributed by atoms with Crippen molar-refractivity contribution in [1.29, 1.82) is 0 Å². The lowest BCUT2D eigenvalue weighted by molar-refractivity contribution is -0.131. The van der Waals surface area contributed by atoms with Gasteiger partial charge in [-0.1, -0.05) is 20.3 Å². The molecule has 0 amide bonds. The Labute approximate surface area is 74.3 Å². The molecule has 0 aliphatic carbocycles. The molecule has 0 heterocycles. The van der Waals surface area contributed by atoms with Crippen LogP contribution < -0.4 is 0 Å². The third kappa shape index (κ3) is 3.65. The van der Waals surface area contributed by atoms with Gasteiger partial charge in [-0.05, 0) is 13.3 Å². The first-order chi connectivity index (χ1) is 5.63. The second-order valence-corrected chi connectivity index (χ2v) is 3.11. The van der Waals surface area contributed by atoms with Gasteiger partial charge in [-0.25, -0.2) is 0 Å². The number of carbonyl (C=O) groups is 2. The van der Waals surface area contributed by atoms with E-state index in [1.54, 1.807) is 13.8 Å². The van der Waals surface area contributed by atoms with Crippen LogP contribution in [-0.4, -0.2) is 11.6 Å². The topological polar surface area (TPSA) is 34.1 Å². The Morgan fingerprint density at radius 1 is 1.17 bits per heavy atom. The maximum absolute atomic E-state index is 11.3. The summed E-state index contributed by atoms with van der Waals surface area (Å²) in [6.07, 6.45) is 2.95. The second-order valence-electron chi connectivity index (χ2n) is 3.11. The van der Waals surface area contributed by atoms with Gasteiger partial charge in [-0.15, -0.1) is 0 Å². The summed E-state index contributed by atoms with van der Waals surface area (Å²) in [4.78, 5) is 22.4. The number of hydrogen-bond donors (Lipinski definition) is 0. The highest BCUT2D eigenvalue weighted by Gasteiger charge is 2.18. The molecule has 0 N–H and O–H groups in total. The number of rotatable bonds is 6. The first kappa shape index (κ1) is 11.3. The minimum atomic E-state index is -0.374. The van der Waals surface area contributed by atoms with E-state index in [1.165, 1.54) is 0 Å². The van der Waals surface area contributed by atoms with E-state index in [0.717, 1.165) is 12.8 Å². The first-order valence-corrected chi connectivity index (χ1v) is 4.68. The molecule has 0 rings (SSSR count). The van der Waals surface area contributed by atoms with Gasteiger partial charge in [-0.2, -0.15) is 0 Å². The molecular weight excluding hydrogens is 152 g/mol.